The molecule has 0 radical (unpaired) electrons. The number of ether oxygens (including phenoxy) is 1. The number of halogens is 8. The molecule has 2 aliphatic heterocycles. The number of allylic oxidation sites excluding steroid dienone is 2. The predicted octanol–water partition coefficient (Wildman–Crippen LogP) is 6.37. The molecule has 7 rings (SSSR count). The van der Waals surface area contributed by atoms with Crippen LogP contribution >= 0.6 is 39.1 Å². The second-order valence-corrected chi connectivity index (χ2v) is 15.1. The summed E-state index contributed by atoms with van der Waals surface area (Å²) in [7, 11) is 1.21. The molecule has 0 spiro atoms. The number of fused-ring (bicyclic) bond motifs is 4. The number of imide groups is 2. The van der Waals surface area contributed by atoms with Gasteiger partial charge < -0.3 is 14.9 Å². The van der Waals surface area contributed by atoms with E-state index in [0.717, 1.165) is 4.90 Å². The first kappa shape index (κ1) is 36.2. The van der Waals surface area contributed by atoms with E-state index < -0.39 is 104 Å². The van der Waals surface area contributed by atoms with Crippen LogP contribution in [-0.2, 0) is 25.6 Å². The number of phenols is 2. The predicted molar refractivity (Wildman–Crippen MR) is 177 cm³/mol. The molecule has 272 valence electrons. The molecule has 1 saturated carbocycles. The zero-order chi connectivity index (χ0) is 37.8. The Bertz CT molecular complexity index is 2130. The molecule has 3 aromatic rings. The summed E-state index contributed by atoms with van der Waals surface area (Å²) in [5.74, 6) is -22.6. The van der Waals surface area contributed by atoms with Crippen molar-refractivity contribution in [2.24, 2.45) is 17.8 Å². The molecule has 4 aliphatic rings. The van der Waals surface area contributed by atoms with Crippen molar-refractivity contribution in [3.8, 4) is 17.2 Å². The molecular formula is C35H24BrCl2F5N2O7. The van der Waals surface area contributed by atoms with Crippen LogP contribution in [0.25, 0.3) is 0 Å². The fourth-order valence-electron chi connectivity index (χ4n) is 8.07. The SMILES string of the molecule is COc1cc(Br)cc(C2C3=CCC4C(=O)N(CCc5ccc(O)cc5)C(=O)C4C3CC3(Cl)C(=O)N(c4c(F)c(F)c(F)c(F)c4F)C(=O)C23Cl)c1O. The smallest absolute Gasteiger partial charge is 0.258 e. The maximum Gasteiger partial charge on any atom is 0.258 e. The van der Waals surface area contributed by atoms with Crippen LogP contribution in [0.4, 0.5) is 27.6 Å². The summed E-state index contributed by atoms with van der Waals surface area (Å²) < 4.78 is 79.1. The number of alkyl halides is 2. The van der Waals surface area contributed by atoms with Crippen LogP contribution in [0, 0.1) is 46.8 Å². The number of nitrogens with zero attached hydrogens (tertiary/aromatic N) is 2. The van der Waals surface area contributed by atoms with Crippen LogP contribution in [0.1, 0.15) is 29.9 Å². The Kier molecular flexibility index (Phi) is 8.65. The lowest BCUT2D eigenvalue weighted by atomic mass is 9.56. The van der Waals surface area contributed by atoms with Crippen LogP contribution in [0.2, 0.25) is 0 Å². The number of hydrogen-bond acceptors (Lipinski definition) is 7. The zero-order valence-corrected chi connectivity index (χ0v) is 29.6. The Hall–Kier alpha value is -4.21. The summed E-state index contributed by atoms with van der Waals surface area (Å²) in [5, 5.41) is 21.0. The molecule has 4 amide bonds. The highest BCUT2D eigenvalue weighted by Gasteiger charge is 2.77. The first-order valence-corrected chi connectivity index (χ1v) is 17.2. The lowest BCUT2D eigenvalue weighted by molar-refractivity contribution is -0.140. The van der Waals surface area contributed by atoms with Crippen molar-refractivity contribution in [2.45, 2.75) is 34.9 Å². The average molecular weight is 830 g/mol. The third-order valence-electron chi connectivity index (χ3n) is 10.5. The van der Waals surface area contributed by atoms with Crippen LogP contribution in [0.5, 0.6) is 17.2 Å². The molecule has 6 unspecified atom stereocenters. The highest BCUT2D eigenvalue weighted by Crippen LogP contribution is 2.67. The van der Waals surface area contributed by atoms with Crippen LogP contribution < -0.4 is 9.64 Å². The maximum absolute atomic E-state index is 15.3. The van der Waals surface area contributed by atoms with Gasteiger partial charge >= 0.3 is 0 Å². The second kappa shape index (κ2) is 12.4. The van der Waals surface area contributed by atoms with Gasteiger partial charge in [0, 0.05) is 22.5 Å². The van der Waals surface area contributed by atoms with E-state index in [9.17, 15) is 42.6 Å². The summed E-state index contributed by atoms with van der Waals surface area (Å²) in [6.07, 6.45) is 1.00. The van der Waals surface area contributed by atoms with E-state index in [1.807, 2.05) is 0 Å². The number of carbonyl (C=O) groups is 4. The summed E-state index contributed by atoms with van der Waals surface area (Å²) in [6, 6.07) is 8.79. The Labute approximate surface area is 309 Å². The number of rotatable bonds is 6. The molecule has 2 saturated heterocycles. The second-order valence-electron chi connectivity index (χ2n) is 13.0. The number of benzene rings is 3. The molecule has 0 aromatic heterocycles. The first-order valence-electron chi connectivity index (χ1n) is 15.7. The number of amides is 4. The van der Waals surface area contributed by atoms with E-state index in [1.165, 1.54) is 37.5 Å². The Morgan fingerprint density at radius 2 is 1.50 bits per heavy atom. The van der Waals surface area contributed by atoms with Gasteiger partial charge in [0.25, 0.3) is 11.8 Å². The fourth-order valence-corrected chi connectivity index (χ4v) is 9.45. The number of methoxy groups -OCH3 is 1. The van der Waals surface area contributed by atoms with Crippen LogP contribution in [0.15, 0.2) is 52.5 Å². The third kappa shape index (κ3) is 4.84. The topological polar surface area (TPSA) is 124 Å². The van der Waals surface area contributed by atoms with E-state index in [2.05, 4.69) is 15.9 Å². The van der Waals surface area contributed by atoms with E-state index in [0.29, 0.717) is 5.56 Å². The van der Waals surface area contributed by atoms with Crippen molar-refractivity contribution >= 4 is 68.4 Å². The largest absolute Gasteiger partial charge is 0.508 e. The molecular weight excluding hydrogens is 806 g/mol. The van der Waals surface area contributed by atoms with Gasteiger partial charge in [-0.05, 0) is 55.0 Å². The number of carbonyl (C=O) groups excluding carboxylic acids is 4. The monoisotopic (exact) mass is 828 g/mol. The lowest BCUT2D eigenvalue weighted by Gasteiger charge is -2.50. The maximum atomic E-state index is 15.3. The fraction of sp³-hybridized carbons (Fsp3) is 0.314. The Morgan fingerprint density at radius 3 is 2.12 bits per heavy atom. The summed E-state index contributed by atoms with van der Waals surface area (Å²) in [4.78, 5) is 51.9. The first-order chi connectivity index (χ1) is 24.5. The third-order valence-corrected chi connectivity index (χ3v) is 12.3. The van der Waals surface area contributed by atoms with E-state index in [4.69, 9.17) is 27.9 Å². The minimum atomic E-state index is -2.81. The Morgan fingerprint density at radius 1 is 0.885 bits per heavy atom. The molecule has 6 atom stereocenters. The average Bonchev–Trinajstić information content (AvgIpc) is 3.44. The van der Waals surface area contributed by atoms with Gasteiger partial charge in [-0.3, -0.25) is 24.1 Å². The van der Waals surface area contributed by atoms with Crippen molar-refractivity contribution in [1.82, 2.24) is 4.90 Å². The number of anilines is 1. The van der Waals surface area contributed by atoms with Crippen LogP contribution in [-0.4, -0.2) is 62.1 Å². The van der Waals surface area contributed by atoms with Crippen molar-refractivity contribution in [1.29, 1.82) is 0 Å². The van der Waals surface area contributed by atoms with E-state index in [-0.39, 0.29) is 51.4 Å². The molecule has 3 fully saturated rings. The summed E-state index contributed by atoms with van der Waals surface area (Å²) in [5.41, 5.74) is -1.22. The van der Waals surface area contributed by atoms with Gasteiger partial charge in [-0.1, -0.05) is 39.7 Å². The molecule has 2 N–H and O–H groups in total. The van der Waals surface area contributed by atoms with Gasteiger partial charge in [0.1, 0.15) is 11.4 Å². The Balaban J connectivity index is 1.39. The van der Waals surface area contributed by atoms with Crippen molar-refractivity contribution in [3.63, 3.8) is 0 Å². The van der Waals surface area contributed by atoms with Gasteiger partial charge in [-0.2, -0.15) is 0 Å². The molecule has 3 aromatic carbocycles. The minimum absolute atomic E-state index is 0.0201. The van der Waals surface area contributed by atoms with Gasteiger partial charge in [-0.25, -0.2) is 26.9 Å². The molecule has 0 bridgehead atoms. The highest BCUT2D eigenvalue weighted by molar-refractivity contribution is 9.10. The summed E-state index contributed by atoms with van der Waals surface area (Å²) >= 11 is 17.6. The number of hydrogen-bond donors (Lipinski definition) is 2. The van der Waals surface area contributed by atoms with E-state index >= 15 is 8.78 Å². The van der Waals surface area contributed by atoms with Crippen LogP contribution in [0.3, 0.4) is 0 Å². The number of likely N-dealkylation sites (tertiary alicyclic amines) is 1. The normalized spacial score (nSPS) is 28.2. The van der Waals surface area contributed by atoms with Gasteiger partial charge in [0.2, 0.25) is 17.6 Å². The van der Waals surface area contributed by atoms with Gasteiger partial charge in [0.05, 0.1) is 18.9 Å². The zero-order valence-electron chi connectivity index (χ0n) is 26.5. The molecule has 52 heavy (non-hydrogen) atoms. The molecule has 17 heteroatoms. The van der Waals surface area contributed by atoms with Gasteiger partial charge in [-0.15, -0.1) is 23.2 Å². The quantitative estimate of drug-likeness (QED) is 0.0740. The molecule has 2 heterocycles. The van der Waals surface area contributed by atoms with E-state index in [1.54, 1.807) is 12.1 Å². The van der Waals surface area contributed by atoms with Crippen molar-refractivity contribution in [3.05, 3.63) is 92.7 Å². The van der Waals surface area contributed by atoms with Crippen molar-refractivity contribution in [2.75, 3.05) is 18.6 Å². The van der Waals surface area contributed by atoms with Gasteiger partial charge in [0.15, 0.2) is 44.5 Å². The molecule has 2 aliphatic carbocycles. The minimum Gasteiger partial charge on any atom is -0.508 e. The molecule has 9 nitrogen and oxygen atoms in total. The lowest BCUT2D eigenvalue weighted by Crippen LogP contribution is -2.60. The highest BCUT2D eigenvalue weighted by atomic mass is 79.9. The van der Waals surface area contributed by atoms with Crippen molar-refractivity contribution < 1.29 is 56.1 Å². The standard InChI is InChI=1S/C35H24BrCl2F5N2O7/c1-52-20-11-14(36)10-18(29(20)47)22-16-6-7-17-21(31(49)44(30(17)48)9-8-13-2-4-15(46)5-3-13)19(16)12-34(37)32(50)45(33(51)35(22,34)38)28-26(42)24(40)23(39)25(41)27(28)43/h2-6,10-11,17,19,21-22,46-47H,7-9,12H2,1H3. The summed E-state index contributed by atoms with van der Waals surface area (Å²) in [6.45, 7) is -0.0541. The number of phenolic OH excluding ortho intramolecular Hbond substituents is 2. The number of aromatic hydroxyl groups is 2.